The summed E-state index contributed by atoms with van der Waals surface area (Å²) in [5, 5.41) is -0.648. The maximum Gasteiger partial charge on any atom is 0.321 e. The maximum absolute atomic E-state index is 12.9. The first-order chi connectivity index (χ1) is 13.1. The van der Waals surface area contributed by atoms with E-state index < -0.39 is 51.8 Å². The van der Waals surface area contributed by atoms with Crippen molar-refractivity contribution in [2.24, 2.45) is 11.8 Å². The van der Waals surface area contributed by atoms with Crippen molar-refractivity contribution in [3.05, 3.63) is 12.7 Å². The quantitative estimate of drug-likeness (QED) is 0.134. The number of ether oxygens (including phenoxy) is 2. The van der Waals surface area contributed by atoms with Crippen molar-refractivity contribution in [1.29, 1.82) is 0 Å². The topological polar surface area (TPSA) is 82.1 Å². The number of esters is 2. The number of rotatable bonds is 10. The zero-order valence-corrected chi connectivity index (χ0v) is 21.6. The molecule has 1 saturated heterocycles. The van der Waals surface area contributed by atoms with E-state index in [9.17, 15) is 14.4 Å². The summed E-state index contributed by atoms with van der Waals surface area (Å²) in [5.41, 5.74) is -0.316. The van der Waals surface area contributed by atoms with Crippen molar-refractivity contribution in [1.82, 2.24) is 4.90 Å². The maximum atomic E-state index is 12.9. The Bertz CT molecular complexity index is 646. The monoisotopic (exact) mass is 461 g/mol. The number of amides is 1. The van der Waals surface area contributed by atoms with Crippen LogP contribution in [-0.4, -0.2) is 63.1 Å². The van der Waals surface area contributed by atoms with Gasteiger partial charge in [0.1, 0.15) is 12.8 Å². The van der Waals surface area contributed by atoms with Crippen LogP contribution in [0.25, 0.3) is 0 Å². The molecule has 0 aliphatic carbocycles. The van der Waals surface area contributed by atoms with Gasteiger partial charge in [0.15, 0.2) is 14.2 Å². The second kappa shape index (κ2) is 9.80. The summed E-state index contributed by atoms with van der Waals surface area (Å²) in [6.07, 6.45) is 0.914. The van der Waals surface area contributed by atoms with Gasteiger partial charge in [-0.1, -0.05) is 32.3 Å². The van der Waals surface area contributed by atoms with E-state index in [-0.39, 0.29) is 18.2 Å². The third-order valence-corrected chi connectivity index (χ3v) is 8.96. The molecule has 0 bridgehead atoms. The summed E-state index contributed by atoms with van der Waals surface area (Å²) in [6, 6.07) is 0. The van der Waals surface area contributed by atoms with Crippen LogP contribution >= 0.6 is 12.6 Å². The van der Waals surface area contributed by atoms with Crippen molar-refractivity contribution < 1.29 is 28.3 Å². The second-order valence-corrected chi connectivity index (χ2v) is 19.9. The number of carbonyl (C=O) groups is 3. The highest BCUT2D eigenvalue weighted by molar-refractivity contribution is 7.81. The van der Waals surface area contributed by atoms with Crippen LogP contribution in [0.15, 0.2) is 12.7 Å². The molecule has 0 aromatic carbocycles. The van der Waals surface area contributed by atoms with Gasteiger partial charge in [-0.15, -0.1) is 0 Å². The van der Waals surface area contributed by atoms with Crippen LogP contribution in [-0.2, 0) is 28.3 Å². The van der Waals surface area contributed by atoms with E-state index in [4.69, 9.17) is 13.9 Å². The molecule has 1 aliphatic rings. The van der Waals surface area contributed by atoms with Gasteiger partial charge in [-0.05, 0) is 33.5 Å². The molecular formula is C19H35NO6SSi2. The second-order valence-electron chi connectivity index (χ2n) is 9.36. The van der Waals surface area contributed by atoms with Crippen molar-refractivity contribution in [2.75, 3.05) is 6.61 Å². The van der Waals surface area contributed by atoms with Crippen LogP contribution in [0.5, 0.6) is 0 Å². The minimum absolute atomic E-state index is 0.0524. The fourth-order valence-corrected chi connectivity index (χ4v) is 5.05. The van der Waals surface area contributed by atoms with Crippen LogP contribution in [0.4, 0.5) is 0 Å². The predicted molar refractivity (Wildman–Crippen MR) is 121 cm³/mol. The Balaban J connectivity index is 3.05. The number of likely N-dealkylation sites (tertiary alicyclic amines) is 1. The minimum Gasteiger partial charge on any atom is -0.466 e. The van der Waals surface area contributed by atoms with E-state index in [1.165, 1.54) is 11.0 Å². The number of nitrogens with zero attached hydrogens (tertiary/aromatic N) is 1. The van der Waals surface area contributed by atoms with Gasteiger partial charge in [0, 0.05) is 0 Å². The summed E-state index contributed by atoms with van der Waals surface area (Å²) in [5.74, 6) is -4.23. The lowest BCUT2D eigenvalue weighted by atomic mass is 9.84. The largest absolute Gasteiger partial charge is 0.466 e. The summed E-state index contributed by atoms with van der Waals surface area (Å²) in [7, 11) is -3.69. The van der Waals surface area contributed by atoms with E-state index in [2.05, 4.69) is 38.8 Å². The molecule has 7 nitrogen and oxygen atoms in total. The first kappa shape index (κ1) is 25.9. The summed E-state index contributed by atoms with van der Waals surface area (Å²) in [4.78, 5) is 39.8. The Hall–Kier alpha value is -1.11. The Morgan fingerprint density at radius 2 is 1.72 bits per heavy atom. The van der Waals surface area contributed by atoms with Gasteiger partial charge in [0.2, 0.25) is 5.91 Å². The Morgan fingerprint density at radius 1 is 1.17 bits per heavy atom. The minimum atomic E-state index is -1.90. The van der Waals surface area contributed by atoms with E-state index in [0.29, 0.717) is 0 Å². The van der Waals surface area contributed by atoms with Gasteiger partial charge in [0.25, 0.3) is 0 Å². The molecule has 1 amide bonds. The van der Waals surface area contributed by atoms with E-state index in [1.807, 2.05) is 26.6 Å². The first-order valence-electron chi connectivity index (χ1n) is 9.78. The molecule has 29 heavy (non-hydrogen) atoms. The third kappa shape index (κ3) is 6.69. The average molecular weight is 462 g/mol. The molecule has 10 heteroatoms. The van der Waals surface area contributed by atoms with Crippen molar-refractivity contribution in [2.45, 2.75) is 70.5 Å². The summed E-state index contributed by atoms with van der Waals surface area (Å²) >= 11 is 4.50. The smallest absolute Gasteiger partial charge is 0.321 e. The van der Waals surface area contributed by atoms with Crippen LogP contribution in [0.2, 0.25) is 39.3 Å². The SMILES string of the molecule is C=CCOC(=O)C(C(=O)OC(C)[Si](C)(C)C)[C@H]1C(=O)N(C(C)O[Si](C)(C)C)[C@@H]1S. The Labute approximate surface area is 181 Å². The zero-order valence-electron chi connectivity index (χ0n) is 18.7. The van der Waals surface area contributed by atoms with E-state index in [0.717, 1.165) is 0 Å². The van der Waals surface area contributed by atoms with Gasteiger partial charge in [-0.2, -0.15) is 12.6 Å². The molecular weight excluding hydrogens is 426 g/mol. The van der Waals surface area contributed by atoms with Crippen LogP contribution in [0.3, 0.4) is 0 Å². The van der Waals surface area contributed by atoms with Crippen LogP contribution in [0.1, 0.15) is 13.8 Å². The van der Waals surface area contributed by atoms with Crippen LogP contribution < -0.4 is 0 Å². The number of hydrogen-bond acceptors (Lipinski definition) is 7. The lowest BCUT2D eigenvalue weighted by Gasteiger charge is -2.50. The molecule has 1 rings (SSSR count). The lowest BCUT2D eigenvalue weighted by molar-refractivity contribution is -0.183. The van der Waals surface area contributed by atoms with Gasteiger partial charge in [-0.25, -0.2) is 0 Å². The number of thiol groups is 1. The van der Waals surface area contributed by atoms with Gasteiger partial charge >= 0.3 is 11.9 Å². The third-order valence-electron chi connectivity index (χ3n) is 4.78. The Morgan fingerprint density at radius 3 is 2.14 bits per heavy atom. The van der Waals surface area contributed by atoms with Gasteiger partial charge < -0.3 is 18.8 Å². The molecule has 0 N–H and O–H groups in total. The average Bonchev–Trinajstić information content (AvgIpc) is 2.54. The fourth-order valence-electron chi connectivity index (χ4n) is 2.84. The van der Waals surface area contributed by atoms with Crippen molar-refractivity contribution >= 4 is 46.9 Å². The number of carbonyl (C=O) groups excluding carboxylic acids is 3. The Kier molecular flexibility index (Phi) is 8.76. The molecule has 3 unspecified atom stereocenters. The molecule has 1 heterocycles. The zero-order chi connectivity index (χ0) is 22.7. The van der Waals surface area contributed by atoms with E-state index in [1.54, 1.807) is 6.92 Å². The molecule has 1 fully saturated rings. The van der Waals surface area contributed by atoms with Gasteiger partial charge in [0.05, 0.1) is 25.1 Å². The molecule has 0 aromatic rings. The first-order valence-corrected chi connectivity index (χ1v) is 17.3. The summed E-state index contributed by atoms with van der Waals surface area (Å²) < 4.78 is 16.6. The highest BCUT2D eigenvalue weighted by atomic mass is 32.1. The normalized spacial score (nSPS) is 22.9. The van der Waals surface area contributed by atoms with Crippen molar-refractivity contribution in [3.8, 4) is 0 Å². The van der Waals surface area contributed by atoms with Crippen LogP contribution in [0, 0.1) is 11.8 Å². The molecule has 0 radical (unpaired) electrons. The highest BCUT2D eigenvalue weighted by Crippen LogP contribution is 2.39. The molecule has 1 aliphatic heterocycles. The highest BCUT2D eigenvalue weighted by Gasteiger charge is 2.57. The summed E-state index contributed by atoms with van der Waals surface area (Å²) in [6.45, 7) is 19.3. The molecule has 5 atom stereocenters. The standard InChI is InChI=1S/C19H35NO6SSi2/c1-10-11-24-18(22)15(19(23)25-13(3)28(4,5)6)14-16(21)20(17(14)27)12(2)26-29(7,8)9/h10,12-15,17,27H,1,11H2,2-9H3/t12?,13?,14-,15?,17+/m0/s1. The molecule has 0 spiro atoms. The number of β-lactam (4-membered cyclic amide) rings is 1. The number of hydrogen-bond donors (Lipinski definition) is 1. The fraction of sp³-hybridized carbons (Fsp3) is 0.737. The predicted octanol–water partition coefficient (Wildman–Crippen LogP) is 3.05. The van der Waals surface area contributed by atoms with Crippen molar-refractivity contribution in [3.63, 3.8) is 0 Å². The van der Waals surface area contributed by atoms with E-state index >= 15 is 0 Å². The molecule has 0 saturated carbocycles. The van der Waals surface area contributed by atoms with Gasteiger partial charge in [-0.3, -0.25) is 14.4 Å². The lowest BCUT2D eigenvalue weighted by Crippen LogP contribution is -2.67. The molecule has 166 valence electrons. The molecule has 0 aromatic heterocycles.